The van der Waals surface area contributed by atoms with Crippen molar-refractivity contribution < 1.29 is 9.53 Å². The molecular weight excluding hydrogens is 176 g/mol. The molecule has 0 amide bonds. The van der Waals surface area contributed by atoms with Crippen LogP contribution in [0.5, 0.6) is 0 Å². The first-order valence-electron chi connectivity index (χ1n) is 4.46. The van der Waals surface area contributed by atoms with E-state index in [0.29, 0.717) is 18.7 Å². The van der Waals surface area contributed by atoms with Gasteiger partial charge in [0.2, 0.25) is 0 Å². The lowest BCUT2D eigenvalue weighted by Gasteiger charge is -2.11. The van der Waals surface area contributed by atoms with Crippen LogP contribution in [0.2, 0.25) is 0 Å². The van der Waals surface area contributed by atoms with Gasteiger partial charge < -0.3 is 4.74 Å². The molecule has 0 bridgehead atoms. The second-order valence-corrected chi connectivity index (χ2v) is 3.26. The Hall–Kier alpha value is -0.240. The van der Waals surface area contributed by atoms with Gasteiger partial charge in [-0.1, -0.05) is 13.3 Å². The molecule has 0 aromatic heterocycles. The van der Waals surface area contributed by atoms with Crippen LogP contribution in [0.1, 0.15) is 39.5 Å². The SMILES string of the molecule is CCCC(C)OC(=O)CCCCl. The largest absolute Gasteiger partial charge is 0.463 e. The monoisotopic (exact) mass is 192 g/mol. The minimum absolute atomic E-state index is 0.0535. The first kappa shape index (κ1) is 11.8. The van der Waals surface area contributed by atoms with E-state index in [1.807, 2.05) is 6.92 Å². The summed E-state index contributed by atoms with van der Waals surface area (Å²) >= 11 is 5.44. The number of halogens is 1. The van der Waals surface area contributed by atoms with E-state index < -0.39 is 0 Å². The predicted octanol–water partition coefficient (Wildman–Crippen LogP) is 2.74. The smallest absolute Gasteiger partial charge is 0.306 e. The van der Waals surface area contributed by atoms with Crippen LogP contribution in [-0.4, -0.2) is 18.0 Å². The Morgan fingerprint density at radius 3 is 2.75 bits per heavy atom. The summed E-state index contributed by atoms with van der Waals surface area (Å²) in [5.41, 5.74) is 0. The van der Waals surface area contributed by atoms with Crippen LogP contribution >= 0.6 is 11.6 Å². The Kier molecular flexibility index (Phi) is 7.26. The fraction of sp³-hybridized carbons (Fsp3) is 0.889. The van der Waals surface area contributed by atoms with E-state index in [4.69, 9.17) is 16.3 Å². The van der Waals surface area contributed by atoms with Crippen LogP contribution in [0.15, 0.2) is 0 Å². The third-order valence-corrected chi connectivity index (χ3v) is 1.81. The number of hydrogen-bond acceptors (Lipinski definition) is 2. The Morgan fingerprint density at radius 1 is 1.58 bits per heavy atom. The van der Waals surface area contributed by atoms with Crippen LogP contribution in [0, 0.1) is 0 Å². The molecule has 1 atom stereocenters. The van der Waals surface area contributed by atoms with Gasteiger partial charge in [0.1, 0.15) is 0 Å². The molecule has 0 rings (SSSR count). The third-order valence-electron chi connectivity index (χ3n) is 1.54. The maximum atomic E-state index is 11.0. The van der Waals surface area contributed by atoms with E-state index in [9.17, 15) is 4.79 Å². The van der Waals surface area contributed by atoms with Gasteiger partial charge in [-0.15, -0.1) is 11.6 Å². The second kappa shape index (κ2) is 7.41. The summed E-state index contributed by atoms with van der Waals surface area (Å²) in [4.78, 5) is 11.0. The van der Waals surface area contributed by atoms with Gasteiger partial charge in [-0.3, -0.25) is 4.79 Å². The molecule has 0 aromatic carbocycles. The lowest BCUT2D eigenvalue weighted by atomic mass is 10.2. The summed E-state index contributed by atoms with van der Waals surface area (Å²) in [6, 6.07) is 0. The normalized spacial score (nSPS) is 12.6. The van der Waals surface area contributed by atoms with Crippen molar-refractivity contribution in [1.29, 1.82) is 0 Å². The van der Waals surface area contributed by atoms with E-state index in [2.05, 4.69) is 6.92 Å². The fourth-order valence-electron chi connectivity index (χ4n) is 0.960. The highest BCUT2D eigenvalue weighted by atomic mass is 35.5. The van der Waals surface area contributed by atoms with Gasteiger partial charge in [0.25, 0.3) is 0 Å². The molecule has 0 saturated carbocycles. The third kappa shape index (κ3) is 6.47. The van der Waals surface area contributed by atoms with E-state index in [1.54, 1.807) is 0 Å². The van der Waals surface area contributed by atoms with Crippen molar-refractivity contribution in [2.75, 3.05) is 5.88 Å². The molecule has 0 aliphatic rings. The van der Waals surface area contributed by atoms with E-state index in [1.165, 1.54) is 0 Å². The Labute approximate surface area is 79.2 Å². The molecule has 0 fully saturated rings. The van der Waals surface area contributed by atoms with Crippen LogP contribution in [0.4, 0.5) is 0 Å². The molecule has 1 unspecified atom stereocenters. The first-order valence-corrected chi connectivity index (χ1v) is 4.99. The molecular formula is C9H17ClO2. The lowest BCUT2D eigenvalue weighted by molar-refractivity contribution is -0.148. The van der Waals surface area contributed by atoms with Gasteiger partial charge in [-0.25, -0.2) is 0 Å². The van der Waals surface area contributed by atoms with Crippen molar-refractivity contribution in [1.82, 2.24) is 0 Å². The highest BCUT2D eigenvalue weighted by Gasteiger charge is 2.07. The molecule has 3 heteroatoms. The maximum absolute atomic E-state index is 11.0. The maximum Gasteiger partial charge on any atom is 0.306 e. The summed E-state index contributed by atoms with van der Waals surface area (Å²) in [6.07, 6.45) is 3.19. The number of hydrogen-bond donors (Lipinski definition) is 0. The standard InChI is InChI=1S/C9H17ClO2/c1-3-5-8(2)12-9(11)6-4-7-10/h8H,3-7H2,1-2H3. The van der Waals surface area contributed by atoms with Gasteiger partial charge in [0, 0.05) is 12.3 Å². The average molecular weight is 193 g/mol. The van der Waals surface area contributed by atoms with E-state index in [0.717, 1.165) is 12.8 Å². The minimum Gasteiger partial charge on any atom is -0.463 e. The Balaban J connectivity index is 3.40. The second-order valence-electron chi connectivity index (χ2n) is 2.88. The van der Waals surface area contributed by atoms with Gasteiger partial charge in [0.15, 0.2) is 0 Å². The highest BCUT2D eigenvalue weighted by Crippen LogP contribution is 2.03. The van der Waals surface area contributed by atoms with Gasteiger partial charge in [-0.2, -0.15) is 0 Å². The number of carbonyl (C=O) groups is 1. The average Bonchev–Trinajstić information content (AvgIpc) is 2.01. The molecule has 2 nitrogen and oxygen atoms in total. The zero-order valence-corrected chi connectivity index (χ0v) is 8.56. The number of esters is 1. The fourth-order valence-corrected chi connectivity index (χ4v) is 1.09. The van der Waals surface area contributed by atoms with Crippen molar-refractivity contribution in [2.24, 2.45) is 0 Å². The van der Waals surface area contributed by atoms with E-state index in [-0.39, 0.29) is 12.1 Å². The zero-order chi connectivity index (χ0) is 9.40. The van der Waals surface area contributed by atoms with Crippen LogP contribution in [-0.2, 0) is 9.53 Å². The molecule has 0 N–H and O–H groups in total. The molecule has 0 aliphatic heterocycles. The number of ether oxygens (including phenoxy) is 1. The number of carbonyl (C=O) groups excluding carboxylic acids is 1. The van der Waals surface area contributed by atoms with Crippen molar-refractivity contribution in [3.63, 3.8) is 0 Å². The molecule has 0 spiro atoms. The van der Waals surface area contributed by atoms with Gasteiger partial charge in [0.05, 0.1) is 6.10 Å². The van der Waals surface area contributed by atoms with Crippen molar-refractivity contribution >= 4 is 17.6 Å². The number of rotatable bonds is 6. The lowest BCUT2D eigenvalue weighted by Crippen LogP contribution is -2.14. The van der Waals surface area contributed by atoms with Crippen molar-refractivity contribution in [3.05, 3.63) is 0 Å². The van der Waals surface area contributed by atoms with Crippen molar-refractivity contribution in [3.8, 4) is 0 Å². The molecule has 12 heavy (non-hydrogen) atoms. The Bertz CT molecular complexity index is 126. The minimum atomic E-state index is -0.128. The molecule has 0 heterocycles. The summed E-state index contributed by atoms with van der Waals surface area (Å²) < 4.78 is 5.10. The van der Waals surface area contributed by atoms with Crippen LogP contribution in [0.3, 0.4) is 0 Å². The predicted molar refractivity (Wildman–Crippen MR) is 50.4 cm³/mol. The molecule has 72 valence electrons. The summed E-state index contributed by atoms with van der Waals surface area (Å²) in [7, 11) is 0. The summed E-state index contributed by atoms with van der Waals surface area (Å²) in [5, 5.41) is 0. The summed E-state index contributed by atoms with van der Waals surface area (Å²) in [6.45, 7) is 3.99. The van der Waals surface area contributed by atoms with E-state index >= 15 is 0 Å². The van der Waals surface area contributed by atoms with Crippen molar-refractivity contribution in [2.45, 2.75) is 45.6 Å². The zero-order valence-electron chi connectivity index (χ0n) is 7.81. The van der Waals surface area contributed by atoms with Gasteiger partial charge >= 0.3 is 5.97 Å². The van der Waals surface area contributed by atoms with Crippen LogP contribution < -0.4 is 0 Å². The quantitative estimate of drug-likeness (QED) is 0.478. The summed E-state index contributed by atoms with van der Waals surface area (Å²) in [5.74, 6) is 0.397. The first-order chi connectivity index (χ1) is 5.70. The molecule has 0 radical (unpaired) electrons. The molecule has 0 aliphatic carbocycles. The van der Waals surface area contributed by atoms with Gasteiger partial charge in [-0.05, 0) is 19.8 Å². The molecule has 0 saturated heterocycles. The molecule has 0 aromatic rings. The van der Waals surface area contributed by atoms with Crippen LogP contribution in [0.25, 0.3) is 0 Å². The number of alkyl halides is 1. The highest BCUT2D eigenvalue weighted by molar-refractivity contribution is 6.17. The Morgan fingerprint density at radius 2 is 2.25 bits per heavy atom. The topological polar surface area (TPSA) is 26.3 Å².